The van der Waals surface area contributed by atoms with Crippen molar-refractivity contribution in [2.45, 2.75) is 85.2 Å². The normalized spacial score (nSPS) is 14.0. The highest BCUT2D eigenvalue weighted by Gasteiger charge is 2.20. The highest BCUT2D eigenvalue weighted by Crippen LogP contribution is 2.33. The number of halogens is 1. The molecular weight excluding hydrogens is 344 g/mol. The second kappa shape index (κ2) is 12.2. The van der Waals surface area contributed by atoms with Gasteiger partial charge < -0.3 is 10.1 Å². The van der Waals surface area contributed by atoms with Crippen LogP contribution >= 0.6 is 12.4 Å². The molecule has 1 aliphatic rings. The molecule has 0 atom stereocenters. The van der Waals surface area contributed by atoms with Crippen LogP contribution in [0.25, 0.3) is 0 Å². The topological polar surface area (TPSA) is 33.6 Å². The summed E-state index contributed by atoms with van der Waals surface area (Å²) in [7, 11) is 0. The quantitative estimate of drug-likeness (QED) is 0.338. The third kappa shape index (κ3) is 6.50. The monoisotopic (exact) mass is 380 g/mol. The minimum Gasteiger partial charge on any atom is -0.491 e. The van der Waals surface area contributed by atoms with Crippen molar-refractivity contribution in [3.63, 3.8) is 0 Å². The molecule has 0 aliphatic heterocycles. The number of unbranched alkanes of at least 4 members (excludes halogenated alkanes) is 2. The summed E-state index contributed by atoms with van der Waals surface area (Å²) >= 11 is 0. The number of hydrogen-bond acceptors (Lipinski definition) is 2. The Morgan fingerprint density at radius 1 is 1.08 bits per heavy atom. The molecule has 0 bridgehead atoms. The van der Waals surface area contributed by atoms with Gasteiger partial charge in [-0.25, -0.2) is 0 Å². The van der Waals surface area contributed by atoms with E-state index in [2.05, 4.69) is 45.1 Å². The van der Waals surface area contributed by atoms with Gasteiger partial charge in [0, 0.05) is 18.7 Å². The molecule has 0 spiro atoms. The van der Waals surface area contributed by atoms with E-state index >= 15 is 0 Å². The summed E-state index contributed by atoms with van der Waals surface area (Å²) in [6.07, 6.45) is 9.74. The molecule has 3 nitrogen and oxygen atoms in total. The lowest BCUT2D eigenvalue weighted by Gasteiger charge is -2.25. The van der Waals surface area contributed by atoms with Crippen LogP contribution < -0.4 is 10.1 Å². The zero-order valence-electron chi connectivity index (χ0n) is 17.1. The molecule has 0 amide bonds. The molecule has 1 N–H and O–H groups in total. The van der Waals surface area contributed by atoms with Gasteiger partial charge in [-0.15, -0.1) is 12.4 Å². The SMILES string of the molecule is CCCCN=C(NCCCC)c1ccc(OC(C)C)c2c1CCCC2.Cl. The molecule has 4 heteroatoms. The Bertz CT molecular complexity index is 570. The Hall–Kier alpha value is -1.22. The first-order valence-electron chi connectivity index (χ1n) is 10.3. The van der Waals surface area contributed by atoms with Gasteiger partial charge in [0.2, 0.25) is 0 Å². The molecule has 0 fully saturated rings. The van der Waals surface area contributed by atoms with Gasteiger partial charge in [-0.05, 0) is 75.6 Å². The zero-order chi connectivity index (χ0) is 18.1. The molecule has 0 radical (unpaired) electrons. The maximum absolute atomic E-state index is 6.08. The van der Waals surface area contributed by atoms with Crippen LogP contribution in [0.15, 0.2) is 17.1 Å². The maximum atomic E-state index is 6.08. The third-order valence-electron chi connectivity index (χ3n) is 4.71. The van der Waals surface area contributed by atoms with Gasteiger partial charge in [-0.2, -0.15) is 0 Å². The molecule has 1 aliphatic carbocycles. The standard InChI is InChI=1S/C22H36N2O.ClH/c1-5-7-15-23-22(24-16-8-6-2)20-13-14-21(25-17(3)4)19-12-10-9-11-18(19)20;/h13-14,17H,5-12,15-16H2,1-4H3,(H,23,24);1H. The number of nitrogens with one attached hydrogen (secondary N) is 1. The highest BCUT2D eigenvalue weighted by molar-refractivity contribution is 6.00. The smallest absolute Gasteiger partial charge is 0.128 e. The van der Waals surface area contributed by atoms with Crippen molar-refractivity contribution in [1.82, 2.24) is 5.32 Å². The van der Waals surface area contributed by atoms with Crippen LogP contribution in [0, 0.1) is 0 Å². The van der Waals surface area contributed by atoms with Gasteiger partial charge in [0.15, 0.2) is 0 Å². The number of rotatable bonds is 9. The van der Waals surface area contributed by atoms with Crippen molar-refractivity contribution in [3.8, 4) is 5.75 Å². The molecule has 0 aromatic heterocycles. The van der Waals surface area contributed by atoms with Crippen molar-refractivity contribution >= 4 is 18.2 Å². The predicted octanol–water partition coefficient (Wildman–Crippen LogP) is 5.71. The minimum absolute atomic E-state index is 0. The number of benzene rings is 1. The lowest BCUT2D eigenvalue weighted by Crippen LogP contribution is -2.28. The Kier molecular flexibility index (Phi) is 10.7. The van der Waals surface area contributed by atoms with Gasteiger partial charge in [0.05, 0.1) is 6.10 Å². The first kappa shape index (κ1) is 22.8. The van der Waals surface area contributed by atoms with Crippen molar-refractivity contribution in [2.24, 2.45) is 4.99 Å². The predicted molar refractivity (Wildman–Crippen MR) is 115 cm³/mol. The third-order valence-corrected chi connectivity index (χ3v) is 4.71. The van der Waals surface area contributed by atoms with Crippen LogP contribution in [0.4, 0.5) is 0 Å². The Balaban J connectivity index is 0.00000338. The molecule has 0 heterocycles. The fraction of sp³-hybridized carbons (Fsp3) is 0.682. The summed E-state index contributed by atoms with van der Waals surface area (Å²) in [5, 5.41) is 3.62. The first-order valence-corrected chi connectivity index (χ1v) is 10.3. The number of hydrogen-bond donors (Lipinski definition) is 1. The van der Waals surface area contributed by atoms with Crippen LogP contribution in [-0.4, -0.2) is 25.0 Å². The van der Waals surface area contributed by atoms with E-state index in [-0.39, 0.29) is 18.5 Å². The van der Waals surface area contributed by atoms with E-state index in [0.29, 0.717) is 0 Å². The largest absolute Gasteiger partial charge is 0.491 e. The molecular formula is C22H37ClN2O. The van der Waals surface area contributed by atoms with Gasteiger partial charge in [-0.3, -0.25) is 4.99 Å². The Morgan fingerprint density at radius 2 is 1.77 bits per heavy atom. The summed E-state index contributed by atoms with van der Waals surface area (Å²) in [4.78, 5) is 4.92. The van der Waals surface area contributed by atoms with Crippen molar-refractivity contribution in [2.75, 3.05) is 13.1 Å². The summed E-state index contributed by atoms with van der Waals surface area (Å²) in [5.74, 6) is 2.17. The van der Waals surface area contributed by atoms with E-state index in [0.717, 1.165) is 43.9 Å². The molecule has 0 unspecified atom stereocenters. The minimum atomic E-state index is 0. The van der Waals surface area contributed by atoms with Gasteiger partial charge >= 0.3 is 0 Å². The molecule has 26 heavy (non-hydrogen) atoms. The van der Waals surface area contributed by atoms with Crippen LogP contribution in [0.5, 0.6) is 5.75 Å². The van der Waals surface area contributed by atoms with E-state index in [4.69, 9.17) is 9.73 Å². The fourth-order valence-electron chi connectivity index (χ4n) is 3.39. The second-order valence-corrected chi connectivity index (χ2v) is 7.31. The number of fused-ring (bicyclic) bond motifs is 1. The Morgan fingerprint density at radius 3 is 2.42 bits per heavy atom. The van der Waals surface area contributed by atoms with Gasteiger partial charge in [0.1, 0.15) is 11.6 Å². The summed E-state index contributed by atoms with van der Waals surface area (Å²) < 4.78 is 6.08. The van der Waals surface area contributed by atoms with Gasteiger partial charge in [-0.1, -0.05) is 26.7 Å². The number of nitrogens with zero attached hydrogens (tertiary/aromatic N) is 1. The van der Waals surface area contributed by atoms with E-state index in [9.17, 15) is 0 Å². The lowest BCUT2D eigenvalue weighted by atomic mass is 9.87. The van der Waals surface area contributed by atoms with E-state index in [1.165, 1.54) is 48.8 Å². The van der Waals surface area contributed by atoms with Crippen molar-refractivity contribution in [3.05, 3.63) is 28.8 Å². The van der Waals surface area contributed by atoms with Crippen molar-refractivity contribution < 1.29 is 4.74 Å². The van der Waals surface area contributed by atoms with Crippen molar-refractivity contribution in [1.29, 1.82) is 0 Å². The van der Waals surface area contributed by atoms with E-state index < -0.39 is 0 Å². The molecule has 1 aromatic carbocycles. The summed E-state index contributed by atoms with van der Waals surface area (Å²) in [6.45, 7) is 10.6. The molecule has 0 saturated carbocycles. The summed E-state index contributed by atoms with van der Waals surface area (Å²) in [6, 6.07) is 4.39. The Labute approximate surface area is 166 Å². The second-order valence-electron chi connectivity index (χ2n) is 7.31. The summed E-state index contributed by atoms with van der Waals surface area (Å²) in [5.41, 5.74) is 4.18. The highest BCUT2D eigenvalue weighted by atomic mass is 35.5. The fourth-order valence-corrected chi connectivity index (χ4v) is 3.39. The zero-order valence-corrected chi connectivity index (χ0v) is 17.9. The first-order chi connectivity index (χ1) is 12.2. The molecule has 148 valence electrons. The van der Waals surface area contributed by atoms with Crippen LogP contribution in [0.3, 0.4) is 0 Å². The lowest BCUT2D eigenvalue weighted by molar-refractivity contribution is 0.239. The number of amidine groups is 1. The van der Waals surface area contributed by atoms with Crippen LogP contribution in [0.2, 0.25) is 0 Å². The molecule has 0 saturated heterocycles. The maximum Gasteiger partial charge on any atom is 0.128 e. The van der Waals surface area contributed by atoms with E-state index in [1.807, 2.05) is 0 Å². The number of aliphatic imine (C=N–C) groups is 1. The average molecular weight is 381 g/mol. The van der Waals surface area contributed by atoms with Crippen LogP contribution in [0.1, 0.15) is 82.9 Å². The van der Waals surface area contributed by atoms with Crippen LogP contribution in [-0.2, 0) is 12.8 Å². The molecule has 1 aromatic rings. The average Bonchev–Trinajstić information content (AvgIpc) is 2.61. The molecule has 2 rings (SSSR count). The number of ether oxygens (including phenoxy) is 1. The van der Waals surface area contributed by atoms with E-state index in [1.54, 1.807) is 0 Å². The van der Waals surface area contributed by atoms with Gasteiger partial charge in [0.25, 0.3) is 0 Å².